The van der Waals surface area contributed by atoms with Crippen LogP contribution in [0.4, 0.5) is 4.79 Å². The normalized spacial score (nSPS) is 15.0. The number of ether oxygens (including phenoxy) is 1. The lowest BCUT2D eigenvalue weighted by atomic mass is 10.3. The molecule has 1 aliphatic rings. The average molecular weight is 331 g/mol. The second kappa shape index (κ2) is 9.48. The second-order valence-electron chi connectivity index (χ2n) is 4.48. The molecule has 9 heteroatoms. The Labute approximate surface area is 135 Å². The molecule has 1 rings (SSSR count). The van der Waals surface area contributed by atoms with Gasteiger partial charge in [0.1, 0.15) is 0 Å². The number of amides is 1. The summed E-state index contributed by atoms with van der Waals surface area (Å²) in [6.45, 7) is 8.32. The Morgan fingerprint density at radius 2 is 1.86 bits per heavy atom. The van der Waals surface area contributed by atoms with Crippen molar-refractivity contribution >= 4 is 40.8 Å². The zero-order valence-corrected chi connectivity index (χ0v) is 13.7. The molecule has 0 saturated carbocycles. The van der Waals surface area contributed by atoms with Crippen LogP contribution in [0, 0.1) is 0 Å². The number of nitrogens with one attached hydrogen (secondary N) is 3. The van der Waals surface area contributed by atoms with E-state index in [1.807, 2.05) is 0 Å². The van der Waals surface area contributed by atoms with Gasteiger partial charge in [0.05, 0.1) is 6.26 Å². The van der Waals surface area contributed by atoms with Crippen LogP contribution in [0.25, 0.3) is 0 Å². The molecule has 1 heterocycles. The van der Waals surface area contributed by atoms with Gasteiger partial charge in [-0.3, -0.25) is 5.32 Å². The summed E-state index contributed by atoms with van der Waals surface area (Å²) in [5.74, 6) is 0. The van der Waals surface area contributed by atoms with Crippen LogP contribution in [0.2, 0.25) is 0 Å². The van der Waals surface area contributed by atoms with Gasteiger partial charge in [-0.05, 0) is 31.5 Å². The standard InChI is InChI=1S/C12H21N5O2S2/c1-3-19-12(18)15-10(20)13-4-5-14-11(21)17-8-6-16(2)7-9-17/h3H,1,4-9H2,2H3,(H,14,21)(H2,13,15,18,20). The molecule has 0 spiro atoms. The molecule has 0 aromatic rings. The van der Waals surface area contributed by atoms with E-state index in [-0.39, 0.29) is 5.11 Å². The number of piperazine rings is 1. The lowest BCUT2D eigenvalue weighted by Crippen LogP contribution is -2.51. The predicted molar refractivity (Wildman–Crippen MR) is 90.1 cm³/mol. The van der Waals surface area contributed by atoms with Crippen molar-refractivity contribution in [3.63, 3.8) is 0 Å². The van der Waals surface area contributed by atoms with Crippen LogP contribution in [0.1, 0.15) is 0 Å². The quantitative estimate of drug-likeness (QED) is 0.373. The lowest BCUT2D eigenvalue weighted by molar-refractivity contribution is 0.191. The maximum Gasteiger partial charge on any atom is 0.418 e. The van der Waals surface area contributed by atoms with E-state index < -0.39 is 6.09 Å². The first-order valence-electron chi connectivity index (χ1n) is 6.60. The minimum atomic E-state index is -0.664. The van der Waals surface area contributed by atoms with Gasteiger partial charge in [-0.2, -0.15) is 0 Å². The van der Waals surface area contributed by atoms with Gasteiger partial charge in [-0.25, -0.2) is 4.79 Å². The SMILES string of the molecule is C=COC(=O)NC(=S)NCCNC(=S)N1CCN(C)CC1. The van der Waals surface area contributed by atoms with Crippen LogP contribution in [-0.4, -0.2) is 72.4 Å². The van der Waals surface area contributed by atoms with Crippen LogP contribution in [0.15, 0.2) is 12.8 Å². The number of likely N-dealkylation sites (N-methyl/N-ethyl adjacent to an activating group) is 1. The first kappa shape index (κ1) is 17.6. The molecule has 0 unspecified atom stereocenters. The summed E-state index contributed by atoms with van der Waals surface area (Å²) in [6, 6.07) is 0. The number of alkyl carbamates (subject to hydrolysis) is 1. The molecule has 0 radical (unpaired) electrons. The highest BCUT2D eigenvalue weighted by molar-refractivity contribution is 7.80. The van der Waals surface area contributed by atoms with Gasteiger partial charge in [0.25, 0.3) is 0 Å². The van der Waals surface area contributed by atoms with Gasteiger partial charge in [0.2, 0.25) is 0 Å². The zero-order chi connectivity index (χ0) is 15.7. The Kier molecular flexibility index (Phi) is 7.95. The van der Waals surface area contributed by atoms with Gasteiger partial charge in [0.15, 0.2) is 10.2 Å². The molecular weight excluding hydrogens is 310 g/mol. The molecule has 7 nitrogen and oxygen atoms in total. The van der Waals surface area contributed by atoms with Crippen molar-refractivity contribution in [3.05, 3.63) is 12.8 Å². The van der Waals surface area contributed by atoms with E-state index in [0.717, 1.165) is 37.6 Å². The summed E-state index contributed by atoms with van der Waals surface area (Å²) in [4.78, 5) is 15.5. The number of thiocarbonyl (C=S) groups is 2. The average Bonchev–Trinajstić information content (AvgIpc) is 2.44. The van der Waals surface area contributed by atoms with Crippen molar-refractivity contribution < 1.29 is 9.53 Å². The molecule has 0 aromatic carbocycles. The largest absolute Gasteiger partial charge is 0.419 e. The van der Waals surface area contributed by atoms with Crippen molar-refractivity contribution in [2.24, 2.45) is 0 Å². The number of carbonyl (C=O) groups is 1. The van der Waals surface area contributed by atoms with Crippen LogP contribution >= 0.6 is 24.4 Å². The molecule has 1 amide bonds. The molecule has 0 aliphatic carbocycles. The third-order valence-electron chi connectivity index (χ3n) is 2.88. The van der Waals surface area contributed by atoms with Crippen molar-refractivity contribution in [1.82, 2.24) is 25.8 Å². The third-order valence-corrected chi connectivity index (χ3v) is 3.53. The summed E-state index contributed by atoms with van der Waals surface area (Å²) in [5.41, 5.74) is 0. The third kappa shape index (κ3) is 7.21. The first-order valence-corrected chi connectivity index (χ1v) is 7.42. The Balaban J connectivity index is 2.10. The van der Waals surface area contributed by atoms with Crippen LogP contribution in [0.3, 0.4) is 0 Å². The first-order chi connectivity index (χ1) is 10.0. The summed E-state index contributed by atoms with van der Waals surface area (Å²) in [5, 5.41) is 9.33. The molecule has 0 bridgehead atoms. The lowest BCUT2D eigenvalue weighted by Gasteiger charge is -2.34. The molecule has 0 atom stereocenters. The highest BCUT2D eigenvalue weighted by Gasteiger charge is 2.15. The van der Waals surface area contributed by atoms with Gasteiger partial charge in [-0.1, -0.05) is 6.58 Å². The van der Waals surface area contributed by atoms with Gasteiger partial charge >= 0.3 is 6.09 Å². The zero-order valence-electron chi connectivity index (χ0n) is 12.1. The summed E-state index contributed by atoms with van der Waals surface area (Å²) in [7, 11) is 2.10. The highest BCUT2D eigenvalue weighted by atomic mass is 32.1. The fraction of sp³-hybridized carbons (Fsp3) is 0.583. The van der Waals surface area contributed by atoms with E-state index in [4.69, 9.17) is 24.4 Å². The number of hydrogen-bond acceptors (Lipinski definition) is 5. The fourth-order valence-corrected chi connectivity index (χ4v) is 2.18. The molecule has 1 aliphatic heterocycles. The summed E-state index contributed by atoms with van der Waals surface area (Å²) in [6.07, 6.45) is 0.372. The Morgan fingerprint density at radius 3 is 2.48 bits per heavy atom. The summed E-state index contributed by atoms with van der Waals surface area (Å²) < 4.78 is 4.48. The van der Waals surface area contributed by atoms with Gasteiger partial charge in [-0.15, -0.1) is 0 Å². The van der Waals surface area contributed by atoms with Crippen molar-refractivity contribution in [3.8, 4) is 0 Å². The van der Waals surface area contributed by atoms with E-state index in [1.54, 1.807) is 0 Å². The maximum absolute atomic E-state index is 11.0. The van der Waals surface area contributed by atoms with E-state index in [1.165, 1.54) is 0 Å². The molecule has 0 aromatic heterocycles. The number of hydrogen-bond donors (Lipinski definition) is 3. The van der Waals surface area contributed by atoms with Crippen molar-refractivity contribution in [1.29, 1.82) is 0 Å². The summed E-state index contributed by atoms with van der Waals surface area (Å²) >= 11 is 10.3. The Bertz CT molecular complexity index is 397. The van der Waals surface area contributed by atoms with Crippen LogP contribution in [0.5, 0.6) is 0 Å². The van der Waals surface area contributed by atoms with Crippen LogP contribution < -0.4 is 16.0 Å². The molecule has 1 saturated heterocycles. The highest BCUT2D eigenvalue weighted by Crippen LogP contribution is 1.99. The molecular formula is C12H21N5O2S2. The molecule has 21 heavy (non-hydrogen) atoms. The van der Waals surface area contributed by atoms with Gasteiger partial charge in [0, 0.05) is 39.3 Å². The van der Waals surface area contributed by atoms with E-state index >= 15 is 0 Å². The Hall–Kier alpha value is -1.45. The topological polar surface area (TPSA) is 68.9 Å². The number of rotatable bonds is 4. The monoisotopic (exact) mass is 331 g/mol. The molecule has 1 fully saturated rings. The maximum atomic E-state index is 11.0. The smallest absolute Gasteiger partial charge is 0.418 e. The van der Waals surface area contributed by atoms with Gasteiger partial charge < -0.3 is 25.2 Å². The van der Waals surface area contributed by atoms with Crippen molar-refractivity contribution in [2.75, 3.05) is 46.3 Å². The van der Waals surface area contributed by atoms with Crippen molar-refractivity contribution in [2.45, 2.75) is 0 Å². The minimum absolute atomic E-state index is 0.203. The minimum Gasteiger partial charge on any atom is -0.419 e. The fourth-order valence-electron chi connectivity index (χ4n) is 1.71. The Morgan fingerprint density at radius 1 is 1.24 bits per heavy atom. The van der Waals surface area contributed by atoms with E-state index in [9.17, 15) is 4.79 Å². The predicted octanol–water partition coefficient (Wildman–Crippen LogP) is -0.147. The number of carbonyl (C=O) groups excluding carboxylic acids is 1. The number of nitrogens with zero attached hydrogens (tertiary/aromatic N) is 2. The molecule has 118 valence electrons. The van der Waals surface area contributed by atoms with E-state index in [2.05, 4.69) is 44.1 Å². The second-order valence-corrected chi connectivity index (χ2v) is 5.27. The molecule has 3 N–H and O–H groups in total. The van der Waals surface area contributed by atoms with Crippen LogP contribution in [-0.2, 0) is 4.74 Å². The van der Waals surface area contributed by atoms with E-state index in [0.29, 0.717) is 13.1 Å².